The van der Waals surface area contributed by atoms with Gasteiger partial charge in [0.15, 0.2) is 0 Å². The second kappa shape index (κ2) is 7.23. The molecule has 0 spiro atoms. The summed E-state index contributed by atoms with van der Waals surface area (Å²) in [4.78, 5) is 0. The van der Waals surface area contributed by atoms with Crippen molar-refractivity contribution in [1.29, 1.82) is 0 Å². The van der Waals surface area contributed by atoms with Crippen molar-refractivity contribution in [3.05, 3.63) is 17.0 Å². The van der Waals surface area contributed by atoms with Gasteiger partial charge in [0.2, 0.25) is 0 Å². The lowest BCUT2D eigenvalue weighted by molar-refractivity contribution is 0.00359. The van der Waals surface area contributed by atoms with E-state index in [0.717, 1.165) is 38.2 Å². The predicted octanol–water partition coefficient (Wildman–Crippen LogP) is 3.13. The zero-order valence-corrected chi connectivity index (χ0v) is 13.4. The van der Waals surface area contributed by atoms with Crippen molar-refractivity contribution in [3.63, 3.8) is 0 Å². The average Bonchev–Trinajstić information content (AvgIpc) is 2.72. The van der Waals surface area contributed by atoms with E-state index in [0.29, 0.717) is 12.1 Å². The van der Waals surface area contributed by atoms with Crippen LogP contribution in [0.2, 0.25) is 0 Å². The van der Waals surface area contributed by atoms with Gasteiger partial charge in [0.25, 0.3) is 0 Å². The number of hydrogen-bond acceptors (Lipinski definition) is 3. The lowest BCUT2D eigenvalue weighted by Gasteiger charge is -2.23. The molecule has 2 rings (SSSR count). The topological polar surface area (TPSA) is 39.1 Å². The first-order chi connectivity index (χ1) is 9.67. The van der Waals surface area contributed by atoms with Crippen LogP contribution in [-0.2, 0) is 11.3 Å². The quantitative estimate of drug-likeness (QED) is 0.869. The Labute approximate surface area is 122 Å². The van der Waals surface area contributed by atoms with Crippen molar-refractivity contribution >= 4 is 0 Å². The molecule has 1 saturated heterocycles. The highest BCUT2D eigenvalue weighted by molar-refractivity contribution is 5.28. The van der Waals surface area contributed by atoms with Gasteiger partial charge in [-0.3, -0.25) is 4.68 Å². The lowest BCUT2D eigenvalue weighted by Crippen LogP contribution is -2.26. The molecule has 4 heteroatoms. The normalized spacial score (nSPS) is 21.1. The van der Waals surface area contributed by atoms with Crippen molar-refractivity contribution in [2.45, 2.75) is 72.1 Å². The van der Waals surface area contributed by atoms with Crippen LogP contribution in [0.5, 0.6) is 0 Å². The minimum absolute atomic E-state index is 0.341. The molecule has 0 aromatic carbocycles. The van der Waals surface area contributed by atoms with Gasteiger partial charge in [-0.1, -0.05) is 13.8 Å². The maximum Gasteiger partial charge on any atom is 0.0771 e. The highest BCUT2D eigenvalue weighted by Crippen LogP contribution is 2.25. The first-order valence-electron chi connectivity index (χ1n) is 8.06. The molecule has 0 bridgehead atoms. The average molecular weight is 279 g/mol. The van der Waals surface area contributed by atoms with E-state index in [1.807, 2.05) is 0 Å². The smallest absolute Gasteiger partial charge is 0.0771 e. The van der Waals surface area contributed by atoms with E-state index in [1.165, 1.54) is 24.1 Å². The van der Waals surface area contributed by atoms with Gasteiger partial charge in [-0.15, -0.1) is 0 Å². The Kier molecular flexibility index (Phi) is 5.61. The Morgan fingerprint density at radius 1 is 1.35 bits per heavy atom. The van der Waals surface area contributed by atoms with E-state index in [2.05, 4.69) is 37.7 Å². The van der Waals surface area contributed by atoms with Crippen molar-refractivity contribution in [2.75, 3.05) is 13.2 Å². The highest BCUT2D eigenvalue weighted by Gasteiger charge is 2.21. The summed E-state index contributed by atoms with van der Waals surface area (Å²) in [7, 11) is 0. The summed E-state index contributed by atoms with van der Waals surface area (Å²) >= 11 is 0. The molecule has 0 saturated carbocycles. The Hall–Kier alpha value is -0.870. The molecule has 1 aromatic rings. The molecule has 1 fully saturated rings. The van der Waals surface area contributed by atoms with Gasteiger partial charge < -0.3 is 10.1 Å². The molecule has 1 N–H and O–H groups in total. The fraction of sp³-hybridized carbons (Fsp3) is 0.812. The molecule has 2 atom stereocenters. The third kappa shape index (κ3) is 3.41. The van der Waals surface area contributed by atoms with Crippen LogP contribution in [0, 0.1) is 13.8 Å². The van der Waals surface area contributed by atoms with E-state index in [9.17, 15) is 0 Å². The Balaban J connectivity index is 2.14. The zero-order valence-electron chi connectivity index (χ0n) is 13.4. The van der Waals surface area contributed by atoms with Crippen LogP contribution in [0.3, 0.4) is 0 Å². The number of aryl methyl sites for hydroxylation is 1. The highest BCUT2D eigenvalue weighted by atomic mass is 16.5. The number of aromatic nitrogens is 2. The lowest BCUT2D eigenvalue weighted by atomic mass is 10.0. The van der Waals surface area contributed by atoms with Crippen LogP contribution in [0.15, 0.2) is 0 Å². The Bertz CT molecular complexity index is 422. The van der Waals surface area contributed by atoms with Crippen molar-refractivity contribution in [3.8, 4) is 0 Å². The van der Waals surface area contributed by atoms with Gasteiger partial charge in [-0.25, -0.2) is 0 Å². The van der Waals surface area contributed by atoms with Crippen LogP contribution in [0.1, 0.15) is 62.5 Å². The molecule has 1 aliphatic heterocycles. The van der Waals surface area contributed by atoms with Crippen LogP contribution in [0.25, 0.3) is 0 Å². The maximum absolute atomic E-state index is 5.84. The summed E-state index contributed by atoms with van der Waals surface area (Å²) in [6.07, 6.45) is 5.09. The standard InChI is InChI=1S/C16H29N3O/c1-5-15(17-6-2)16-12(3)18-19(13(16)4)11-14-9-7-8-10-20-14/h14-15,17H,5-11H2,1-4H3. The molecule has 1 aliphatic rings. The minimum atomic E-state index is 0.341. The molecule has 0 radical (unpaired) electrons. The maximum atomic E-state index is 5.84. The second-order valence-electron chi connectivity index (χ2n) is 5.77. The SMILES string of the molecule is CCNC(CC)c1c(C)nn(CC2CCCCO2)c1C. The Morgan fingerprint density at radius 2 is 2.15 bits per heavy atom. The van der Waals surface area contributed by atoms with Crippen molar-refractivity contribution in [2.24, 2.45) is 0 Å². The fourth-order valence-corrected chi connectivity index (χ4v) is 3.23. The first-order valence-corrected chi connectivity index (χ1v) is 8.06. The van der Waals surface area contributed by atoms with E-state index in [4.69, 9.17) is 9.84 Å². The Morgan fingerprint density at radius 3 is 2.75 bits per heavy atom. The van der Waals surface area contributed by atoms with Crippen LogP contribution in [-0.4, -0.2) is 29.0 Å². The molecule has 2 heterocycles. The third-order valence-electron chi connectivity index (χ3n) is 4.30. The van der Waals surface area contributed by atoms with Crippen molar-refractivity contribution in [1.82, 2.24) is 15.1 Å². The molecule has 4 nitrogen and oxygen atoms in total. The van der Waals surface area contributed by atoms with Gasteiger partial charge in [-0.05, 0) is 46.1 Å². The largest absolute Gasteiger partial charge is 0.376 e. The number of nitrogens with zero attached hydrogens (tertiary/aromatic N) is 2. The molecule has 2 unspecified atom stereocenters. The second-order valence-corrected chi connectivity index (χ2v) is 5.77. The van der Waals surface area contributed by atoms with Crippen molar-refractivity contribution < 1.29 is 4.74 Å². The number of nitrogens with one attached hydrogen (secondary N) is 1. The van der Waals surface area contributed by atoms with Crippen LogP contribution < -0.4 is 5.32 Å². The molecular weight excluding hydrogens is 250 g/mol. The monoisotopic (exact) mass is 279 g/mol. The zero-order chi connectivity index (χ0) is 14.5. The molecule has 0 amide bonds. The summed E-state index contributed by atoms with van der Waals surface area (Å²) in [6, 6.07) is 0.418. The van der Waals surface area contributed by atoms with E-state index in [1.54, 1.807) is 0 Å². The summed E-state index contributed by atoms with van der Waals surface area (Å²) in [5.74, 6) is 0. The third-order valence-corrected chi connectivity index (χ3v) is 4.30. The summed E-state index contributed by atoms with van der Waals surface area (Å²) in [5, 5.41) is 8.31. The summed E-state index contributed by atoms with van der Waals surface area (Å²) in [6.45, 7) is 11.5. The van der Waals surface area contributed by atoms with Crippen LogP contribution >= 0.6 is 0 Å². The minimum Gasteiger partial charge on any atom is -0.376 e. The summed E-state index contributed by atoms with van der Waals surface area (Å²) in [5.41, 5.74) is 3.83. The molecular formula is C16H29N3O. The van der Waals surface area contributed by atoms with Gasteiger partial charge in [-0.2, -0.15) is 5.10 Å². The van der Waals surface area contributed by atoms with E-state index >= 15 is 0 Å². The molecule has 1 aromatic heterocycles. The van der Waals surface area contributed by atoms with Crippen LogP contribution in [0.4, 0.5) is 0 Å². The summed E-state index contributed by atoms with van der Waals surface area (Å²) < 4.78 is 8.00. The van der Waals surface area contributed by atoms with Gasteiger partial charge >= 0.3 is 0 Å². The van der Waals surface area contributed by atoms with E-state index in [-0.39, 0.29) is 0 Å². The predicted molar refractivity (Wildman–Crippen MR) is 82.0 cm³/mol. The van der Waals surface area contributed by atoms with Gasteiger partial charge in [0.05, 0.1) is 18.3 Å². The van der Waals surface area contributed by atoms with Gasteiger partial charge in [0.1, 0.15) is 0 Å². The molecule has 20 heavy (non-hydrogen) atoms. The number of rotatable bonds is 6. The van der Waals surface area contributed by atoms with Gasteiger partial charge in [0, 0.05) is 23.9 Å². The number of hydrogen-bond donors (Lipinski definition) is 1. The van der Waals surface area contributed by atoms with E-state index < -0.39 is 0 Å². The fourth-order valence-electron chi connectivity index (χ4n) is 3.23. The molecule has 114 valence electrons. The number of ether oxygens (including phenoxy) is 1. The molecule has 0 aliphatic carbocycles. The first kappa shape index (κ1) is 15.5.